The van der Waals surface area contributed by atoms with Crippen LogP contribution in [0.2, 0.25) is 0 Å². The Balaban J connectivity index is 2.13. The smallest absolute Gasteiger partial charge is 0.206 e. The van der Waals surface area contributed by atoms with Gasteiger partial charge in [-0.15, -0.1) is 0 Å². The number of rotatable bonds is 0. The lowest BCUT2D eigenvalue weighted by molar-refractivity contribution is 0.0239. The predicted octanol–water partition coefficient (Wildman–Crippen LogP) is 3.22. The van der Waals surface area contributed by atoms with E-state index in [4.69, 9.17) is 0 Å². The summed E-state index contributed by atoms with van der Waals surface area (Å²) in [5.74, 6) is -2.06. The lowest BCUT2D eigenvalue weighted by Crippen LogP contribution is -2.24. The van der Waals surface area contributed by atoms with Crippen LogP contribution in [0.15, 0.2) is 0 Å². The number of hydrogen-bond acceptors (Lipinski definition) is 0. The molecule has 0 aromatic rings. The van der Waals surface area contributed by atoms with Crippen molar-refractivity contribution >= 4 is 0 Å². The van der Waals surface area contributed by atoms with E-state index in [1.165, 1.54) is 0 Å². The Kier molecular flexibility index (Phi) is 1.34. The monoisotopic (exact) mass is 160 g/mol. The molecule has 11 heavy (non-hydrogen) atoms. The van der Waals surface area contributed by atoms with Gasteiger partial charge in [-0.3, -0.25) is 0 Å². The fourth-order valence-corrected chi connectivity index (χ4v) is 2.57. The van der Waals surface area contributed by atoms with Crippen molar-refractivity contribution in [3.05, 3.63) is 0 Å². The molecule has 0 amide bonds. The molecule has 2 aliphatic rings. The van der Waals surface area contributed by atoms with E-state index in [-0.39, 0.29) is 12.3 Å². The molecule has 2 heteroatoms. The van der Waals surface area contributed by atoms with Crippen molar-refractivity contribution in [1.29, 1.82) is 0 Å². The van der Waals surface area contributed by atoms with Gasteiger partial charge in [0, 0.05) is 11.8 Å². The summed E-state index contributed by atoms with van der Waals surface area (Å²) in [4.78, 5) is 0. The summed E-state index contributed by atoms with van der Waals surface area (Å²) < 4.78 is 25.8. The number of alkyl halides is 2. The SMILES string of the molecule is CC1CCCCC12CC2(F)F. The summed E-state index contributed by atoms with van der Waals surface area (Å²) in [7, 11) is 0. The molecular formula is C9H14F2. The number of halogens is 2. The molecule has 2 saturated carbocycles. The third-order valence-corrected chi connectivity index (χ3v) is 3.59. The topological polar surface area (TPSA) is 0 Å². The Morgan fingerprint density at radius 1 is 1.27 bits per heavy atom. The van der Waals surface area contributed by atoms with E-state index in [9.17, 15) is 8.78 Å². The molecule has 0 bridgehead atoms. The molecule has 64 valence electrons. The van der Waals surface area contributed by atoms with Gasteiger partial charge in [0.15, 0.2) is 0 Å². The molecule has 2 unspecified atom stereocenters. The largest absolute Gasteiger partial charge is 0.254 e. The third-order valence-electron chi connectivity index (χ3n) is 3.59. The van der Waals surface area contributed by atoms with Crippen LogP contribution in [0, 0.1) is 11.3 Å². The van der Waals surface area contributed by atoms with Crippen LogP contribution >= 0.6 is 0 Å². The molecule has 0 heterocycles. The van der Waals surface area contributed by atoms with Gasteiger partial charge in [-0.25, -0.2) is 8.78 Å². The van der Waals surface area contributed by atoms with Crippen LogP contribution < -0.4 is 0 Å². The van der Waals surface area contributed by atoms with Crippen LogP contribution in [-0.4, -0.2) is 5.92 Å². The van der Waals surface area contributed by atoms with E-state index in [0.717, 1.165) is 25.7 Å². The summed E-state index contributed by atoms with van der Waals surface area (Å²) in [6.07, 6.45) is 4.11. The van der Waals surface area contributed by atoms with Gasteiger partial charge in [0.1, 0.15) is 0 Å². The maximum atomic E-state index is 12.9. The van der Waals surface area contributed by atoms with Crippen molar-refractivity contribution in [2.75, 3.05) is 0 Å². The minimum absolute atomic E-state index is 0.168. The van der Waals surface area contributed by atoms with Crippen molar-refractivity contribution in [3.63, 3.8) is 0 Å². The fraction of sp³-hybridized carbons (Fsp3) is 1.00. The molecule has 0 aromatic carbocycles. The lowest BCUT2D eigenvalue weighted by Gasteiger charge is -2.28. The Morgan fingerprint density at radius 2 is 1.91 bits per heavy atom. The molecule has 0 aromatic heterocycles. The summed E-state index contributed by atoms with van der Waals surface area (Å²) in [6.45, 7) is 1.99. The van der Waals surface area contributed by atoms with Crippen LogP contribution in [0.3, 0.4) is 0 Å². The third kappa shape index (κ3) is 0.844. The average Bonchev–Trinajstić information content (AvgIpc) is 2.45. The van der Waals surface area contributed by atoms with E-state index in [2.05, 4.69) is 0 Å². The molecular weight excluding hydrogens is 146 g/mol. The highest BCUT2D eigenvalue weighted by Gasteiger charge is 2.72. The van der Waals surface area contributed by atoms with Gasteiger partial charge in [-0.2, -0.15) is 0 Å². The zero-order valence-electron chi connectivity index (χ0n) is 6.87. The van der Waals surface area contributed by atoms with Crippen molar-refractivity contribution in [1.82, 2.24) is 0 Å². The van der Waals surface area contributed by atoms with Crippen molar-refractivity contribution in [3.8, 4) is 0 Å². The first-order chi connectivity index (χ1) is 5.08. The van der Waals surface area contributed by atoms with E-state index in [0.29, 0.717) is 0 Å². The highest BCUT2D eigenvalue weighted by molar-refractivity contribution is 5.13. The fourth-order valence-electron chi connectivity index (χ4n) is 2.57. The maximum absolute atomic E-state index is 12.9. The second-order valence-corrected chi connectivity index (χ2v) is 4.18. The summed E-state index contributed by atoms with van der Waals surface area (Å²) in [5.41, 5.74) is -0.550. The molecule has 1 spiro atoms. The molecule has 2 fully saturated rings. The Bertz CT molecular complexity index is 176. The highest BCUT2D eigenvalue weighted by atomic mass is 19.3. The molecule has 2 rings (SSSR count). The Morgan fingerprint density at radius 3 is 2.27 bits per heavy atom. The summed E-state index contributed by atoms with van der Waals surface area (Å²) in [6, 6.07) is 0. The van der Waals surface area contributed by atoms with Gasteiger partial charge >= 0.3 is 0 Å². The van der Waals surface area contributed by atoms with Crippen LogP contribution in [0.4, 0.5) is 8.78 Å². The van der Waals surface area contributed by atoms with Crippen molar-refractivity contribution in [2.45, 2.75) is 45.0 Å². The zero-order chi connectivity index (χ0) is 8.11. The predicted molar refractivity (Wildman–Crippen MR) is 39.6 cm³/mol. The van der Waals surface area contributed by atoms with Crippen LogP contribution in [0.5, 0.6) is 0 Å². The molecule has 0 aliphatic heterocycles. The van der Waals surface area contributed by atoms with Gasteiger partial charge in [0.05, 0.1) is 0 Å². The molecule has 0 saturated heterocycles. The zero-order valence-corrected chi connectivity index (χ0v) is 6.87. The van der Waals surface area contributed by atoms with Crippen molar-refractivity contribution in [2.24, 2.45) is 11.3 Å². The van der Waals surface area contributed by atoms with Gasteiger partial charge < -0.3 is 0 Å². The molecule has 0 radical (unpaired) electrons. The quantitative estimate of drug-likeness (QED) is 0.510. The Labute approximate surface area is 66.0 Å². The van der Waals surface area contributed by atoms with E-state index in [1.807, 2.05) is 6.92 Å². The normalized spacial score (nSPS) is 47.7. The molecule has 0 N–H and O–H groups in total. The summed E-state index contributed by atoms with van der Waals surface area (Å²) >= 11 is 0. The first-order valence-corrected chi connectivity index (χ1v) is 4.46. The minimum Gasteiger partial charge on any atom is -0.206 e. The standard InChI is InChI=1S/C9H14F2/c1-7-4-2-3-5-8(7)6-9(8,10)11/h7H,2-6H2,1H3. The van der Waals surface area contributed by atoms with E-state index < -0.39 is 11.3 Å². The van der Waals surface area contributed by atoms with Crippen LogP contribution in [-0.2, 0) is 0 Å². The van der Waals surface area contributed by atoms with Gasteiger partial charge in [-0.05, 0) is 18.8 Å². The average molecular weight is 160 g/mol. The molecule has 2 aliphatic carbocycles. The minimum atomic E-state index is -2.31. The number of hydrogen-bond donors (Lipinski definition) is 0. The molecule has 0 nitrogen and oxygen atoms in total. The van der Waals surface area contributed by atoms with E-state index in [1.54, 1.807) is 0 Å². The second kappa shape index (κ2) is 1.96. The van der Waals surface area contributed by atoms with Crippen LogP contribution in [0.1, 0.15) is 39.0 Å². The van der Waals surface area contributed by atoms with Crippen molar-refractivity contribution < 1.29 is 8.78 Å². The first kappa shape index (κ1) is 7.51. The Hall–Kier alpha value is -0.140. The van der Waals surface area contributed by atoms with Crippen LogP contribution in [0.25, 0.3) is 0 Å². The first-order valence-electron chi connectivity index (χ1n) is 4.46. The van der Waals surface area contributed by atoms with Gasteiger partial charge in [-0.1, -0.05) is 19.8 Å². The lowest BCUT2D eigenvalue weighted by atomic mass is 9.77. The maximum Gasteiger partial charge on any atom is 0.254 e. The molecule has 2 atom stereocenters. The summed E-state index contributed by atoms with van der Waals surface area (Å²) in [5, 5.41) is 0. The second-order valence-electron chi connectivity index (χ2n) is 4.18. The van der Waals surface area contributed by atoms with Gasteiger partial charge in [0.2, 0.25) is 0 Å². The van der Waals surface area contributed by atoms with Gasteiger partial charge in [0.25, 0.3) is 5.92 Å². The van der Waals surface area contributed by atoms with E-state index >= 15 is 0 Å². The highest BCUT2D eigenvalue weighted by Crippen LogP contribution is 2.69.